The highest BCUT2D eigenvalue weighted by atomic mass is 16.4. The molecule has 0 saturated carbocycles. The van der Waals surface area contributed by atoms with Crippen molar-refractivity contribution in [3.8, 4) is 0 Å². The van der Waals surface area contributed by atoms with E-state index in [1.54, 1.807) is 19.2 Å². The Morgan fingerprint density at radius 3 is 2.33 bits per heavy atom. The van der Waals surface area contributed by atoms with Crippen LogP contribution in [0.5, 0.6) is 0 Å². The van der Waals surface area contributed by atoms with E-state index >= 15 is 0 Å². The highest BCUT2D eigenvalue weighted by molar-refractivity contribution is 6.01. The first kappa shape index (κ1) is 18.3. The molecule has 1 heterocycles. The van der Waals surface area contributed by atoms with E-state index in [1.807, 2.05) is 31.2 Å². The van der Waals surface area contributed by atoms with Crippen LogP contribution in [0.2, 0.25) is 0 Å². The highest BCUT2D eigenvalue weighted by Crippen LogP contribution is 2.13. The van der Waals surface area contributed by atoms with Gasteiger partial charge in [-0.25, -0.2) is 9.48 Å². The summed E-state index contributed by atoms with van der Waals surface area (Å²) in [5, 5.41) is 13.8. The quantitative estimate of drug-likeness (QED) is 0.747. The Morgan fingerprint density at radius 2 is 1.70 bits per heavy atom. The third kappa shape index (κ3) is 3.87. The minimum atomic E-state index is -1.25. The fraction of sp³-hybridized carbons (Fsp3) is 0.200. The van der Waals surface area contributed by atoms with Crippen LogP contribution >= 0.6 is 0 Å². The molecule has 0 unspecified atom stereocenters. The minimum absolute atomic E-state index is 0.221. The molecule has 7 heteroatoms. The fourth-order valence-corrected chi connectivity index (χ4v) is 2.80. The predicted molar refractivity (Wildman–Crippen MR) is 101 cm³/mol. The fourth-order valence-electron chi connectivity index (χ4n) is 2.80. The number of carboxylic acids is 1. The summed E-state index contributed by atoms with van der Waals surface area (Å²) in [6.45, 7) is 2.04. The van der Waals surface area contributed by atoms with Gasteiger partial charge in [-0.2, -0.15) is 5.10 Å². The molecular formula is C20H19N3O4. The lowest BCUT2D eigenvalue weighted by Crippen LogP contribution is -2.35. The summed E-state index contributed by atoms with van der Waals surface area (Å²) >= 11 is 0. The largest absolute Gasteiger partial charge is 0.476 e. The van der Waals surface area contributed by atoms with Crippen LogP contribution in [-0.4, -0.2) is 38.7 Å². The minimum Gasteiger partial charge on any atom is -0.476 e. The van der Waals surface area contributed by atoms with E-state index in [9.17, 15) is 19.5 Å². The third-order valence-corrected chi connectivity index (χ3v) is 4.32. The van der Waals surface area contributed by atoms with Gasteiger partial charge in [-0.15, -0.1) is 0 Å². The summed E-state index contributed by atoms with van der Waals surface area (Å²) < 4.78 is 0.916. The first-order chi connectivity index (χ1) is 12.9. The van der Waals surface area contributed by atoms with Crippen molar-refractivity contribution in [2.24, 2.45) is 0 Å². The number of fused-ring (bicyclic) bond motifs is 1. The molecule has 0 fully saturated rings. The van der Waals surface area contributed by atoms with Crippen molar-refractivity contribution in [1.29, 1.82) is 0 Å². The zero-order valence-electron chi connectivity index (χ0n) is 15.0. The van der Waals surface area contributed by atoms with E-state index in [1.165, 1.54) is 17.0 Å². The number of carbonyl (C=O) groups excluding carboxylic acids is 1. The van der Waals surface area contributed by atoms with Gasteiger partial charge in [0.05, 0.1) is 5.39 Å². The number of carboxylic acid groups (broad SMARTS) is 1. The average Bonchev–Trinajstić information content (AvgIpc) is 2.65. The van der Waals surface area contributed by atoms with Crippen molar-refractivity contribution in [3.05, 3.63) is 75.7 Å². The Balaban J connectivity index is 1.88. The van der Waals surface area contributed by atoms with Crippen LogP contribution in [0.15, 0.2) is 53.3 Å². The Labute approximate surface area is 155 Å². The molecule has 1 N–H and O–H groups in total. The first-order valence-corrected chi connectivity index (χ1v) is 8.39. The molecular weight excluding hydrogens is 346 g/mol. The smallest absolute Gasteiger partial charge is 0.357 e. The summed E-state index contributed by atoms with van der Waals surface area (Å²) in [6, 6.07) is 14.1. The van der Waals surface area contributed by atoms with Gasteiger partial charge in [0.15, 0.2) is 5.69 Å². The van der Waals surface area contributed by atoms with Crippen LogP contribution in [0.25, 0.3) is 10.8 Å². The number of hydrogen-bond donors (Lipinski definition) is 1. The molecule has 0 radical (unpaired) electrons. The molecule has 3 rings (SSSR count). The summed E-state index contributed by atoms with van der Waals surface area (Å²) in [7, 11) is 1.63. The van der Waals surface area contributed by atoms with Crippen LogP contribution in [-0.2, 0) is 17.9 Å². The highest BCUT2D eigenvalue weighted by Gasteiger charge is 2.18. The number of likely N-dealkylation sites (N-methyl/N-ethyl adjacent to an activating group) is 1. The van der Waals surface area contributed by atoms with Gasteiger partial charge in [-0.3, -0.25) is 9.59 Å². The second-order valence-corrected chi connectivity index (χ2v) is 6.40. The predicted octanol–water partition coefficient (Wildman–Crippen LogP) is 2.06. The molecule has 0 aliphatic heterocycles. The van der Waals surface area contributed by atoms with Crippen LogP contribution in [0, 0.1) is 6.92 Å². The number of hydrogen-bond acceptors (Lipinski definition) is 4. The van der Waals surface area contributed by atoms with Crippen LogP contribution in [0.1, 0.15) is 21.6 Å². The lowest BCUT2D eigenvalue weighted by atomic mass is 10.1. The molecule has 27 heavy (non-hydrogen) atoms. The van der Waals surface area contributed by atoms with Gasteiger partial charge in [0, 0.05) is 19.0 Å². The number of benzene rings is 2. The van der Waals surface area contributed by atoms with Gasteiger partial charge in [0.1, 0.15) is 6.54 Å². The Hall–Kier alpha value is -3.48. The second-order valence-electron chi connectivity index (χ2n) is 6.40. The van der Waals surface area contributed by atoms with Crippen molar-refractivity contribution in [2.45, 2.75) is 20.0 Å². The second kappa shape index (κ2) is 7.41. The van der Waals surface area contributed by atoms with Gasteiger partial charge in [-0.1, -0.05) is 48.0 Å². The maximum absolute atomic E-state index is 12.6. The maximum atomic E-state index is 12.6. The number of aromatic carboxylic acids is 1. The topological polar surface area (TPSA) is 92.5 Å². The molecule has 0 aliphatic carbocycles. The van der Waals surface area contributed by atoms with Crippen molar-refractivity contribution >= 4 is 22.6 Å². The number of amides is 1. The molecule has 2 aromatic carbocycles. The van der Waals surface area contributed by atoms with Gasteiger partial charge in [0.25, 0.3) is 5.56 Å². The van der Waals surface area contributed by atoms with Crippen LogP contribution < -0.4 is 5.56 Å². The lowest BCUT2D eigenvalue weighted by molar-refractivity contribution is -0.131. The Morgan fingerprint density at radius 1 is 1.07 bits per heavy atom. The molecule has 0 saturated heterocycles. The summed E-state index contributed by atoms with van der Waals surface area (Å²) in [5.74, 6) is -1.59. The number of nitrogens with zero attached hydrogens (tertiary/aromatic N) is 3. The molecule has 0 spiro atoms. The van der Waals surface area contributed by atoms with E-state index in [-0.39, 0.29) is 28.9 Å². The van der Waals surface area contributed by atoms with Crippen molar-refractivity contribution < 1.29 is 14.7 Å². The van der Waals surface area contributed by atoms with Gasteiger partial charge >= 0.3 is 5.97 Å². The van der Waals surface area contributed by atoms with E-state index < -0.39 is 11.5 Å². The number of aryl methyl sites for hydroxylation is 1. The molecule has 138 valence electrons. The molecule has 0 atom stereocenters. The zero-order valence-corrected chi connectivity index (χ0v) is 15.0. The number of carbonyl (C=O) groups is 2. The summed E-state index contributed by atoms with van der Waals surface area (Å²) in [5.41, 5.74) is 1.34. The maximum Gasteiger partial charge on any atom is 0.357 e. The van der Waals surface area contributed by atoms with Crippen LogP contribution in [0.4, 0.5) is 0 Å². The standard InChI is InChI=1S/C20H19N3O4/c1-13-7-9-14(10-8-13)11-22(2)17(24)12-23-19(25)16-6-4-3-5-15(16)18(21-23)20(26)27/h3-10H,11-12H2,1-2H3,(H,26,27). The SMILES string of the molecule is Cc1ccc(CN(C)C(=O)Cn2nc(C(=O)O)c3ccccc3c2=O)cc1. The van der Waals surface area contributed by atoms with Crippen molar-refractivity contribution in [2.75, 3.05) is 7.05 Å². The average molecular weight is 365 g/mol. The monoisotopic (exact) mass is 365 g/mol. The molecule has 1 amide bonds. The molecule has 0 aliphatic rings. The van der Waals surface area contributed by atoms with Crippen molar-refractivity contribution in [3.63, 3.8) is 0 Å². The normalized spacial score (nSPS) is 10.7. The first-order valence-electron chi connectivity index (χ1n) is 8.39. The summed E-state index contributed by atoms with van der Waals surface area (Å²) in [6.07, 6.45) is 0. The molecule has 0 bridgehead atoms. The van der Waals surface area contributed by atoms with E-state index in [2.05, 4.69) is 5.10 Å². The lowest BCUT2D eigenvalue weighted by Gasteiger charge is -2.18. The van der Waals surface area contributed by atoms with E-state index in [0.717, 1.165) is 15.8 Å². The number of aromatic nitrogens is 2. The molecule has 7 nitrogen and oxygen atoms in total. The zero-order chi connectivity index (χ0) is 19.6. The van der Waals surface area contributed by atoms with Gasteiger partial charge < -0.3 is 10.0 Å². The molecule has 1 aromatic heterocycles. The Bertz CT molecular complexity index is 1070. The summed E-state index contributed by atoms with van der Waals surface area (Å²) in [4.78, 5) is 38.1. The van der Waals surface area contributed by atoms with Crippen LogP contribution in [0.3, 0.4) is 0 Å². The van der Waals surface area contributed by atoms with Crippen molar-refractivity contribution in [1.82, 2.24) is 14.7 Å². The number of rotatable bonds is 5. The third-order valence-electron chi connectivity index (χ3n) is 4.32. The molecule has 3 aromatic rings. The van der Waals surface area contributed by atoms with E-state index in [0.29, 0.717) is 6.54 Å². The Kier molecular flexibility index (Phi) is 5.03. The van der Waals surface area contributed by atoms with E-state index in [4.69, 9.17) is 0 Å². The van der Waals surface area contributed by atoms with Gasteiger partial charge in [-0.05, 0) is 18.6 Å². The van der Waals surface area contributed by atoms with Gasteiger partial charge in [0.2, 0.25) is 5.91 Å².